The maximum atomic E-state index is 12.3. The van der Waals surface area contributed by atoms with Gasteiger partial charge in [-0.05, 0) is 37.0 Å². The lowest BCUT2D eigenvalue weighted by atomic mass is 9.78. The van der Waals surface area contributed by atoms with Crippen LogP contribution < -0.4 is 5.32 Å². The predicted molar refractivity (Wildman–Crippen MR) is 83.8 cm³/mol. The van der Waals surface area contributed by atoms with Crippen molar-refractivity contribution in [3.05, 3.63) is 0 Å². The summed E-state index contributed by atoms with van der Waals surface area (Å²) in [6.45, 7) is 7.99. The molecule has 1 saturated carbocycles. The highest BCUT2D eigenvalue weighted by Crippen LogP contribution is 2.42. The Hall–Kier alpha value is -0.900. The predicted octanol–water partition coefficient (Wildman–Crippen LogP) is 2.72. The van der Waals surface area contributed by atoms with Gasteiger partial charge >= 0.3 is 0 Å². The average molecular weight is 294 g/mol. The molecule has 2 rings (SSSR count). The van der Waals surface area contributed by atoms with Crippen LogP contribution in [-0.2, 0) is 9.59 Å². The van der Waals surface area contributed by atoms with E-state index in [1.54, 1.807) is 0 Å². The zero-order valence-electron chi connectivity index (χ0n) is 13.8. The Balaban J connectivity index is 1.92. The second-order valence-corrected chi connectivity index (χ2v) is 7.33. The Kier molecular flexibility index (Phi) is 5.42. The van der Waals surface area contributed by atoms with Crippen molar-refractivity contribution in [2.75, 3.05) is 13.1 Å². The van der Waals surface area contributed by atoms with Gasteiger partial charge in [-0.2, -0.15) is 0 Å². The monoisotopic (exact) mass is 294 g/mol. The molecule has 0 spiro atoms. The molecule has 1 aliphatic heterocycles. The van der Waals surface area contributed by atoms with Gasteiger partial charge in [0.2, 0.25) is 11.8 Å². The summed E-state index contributed by atoms with van der Waals surface area (Å²) in [5, 5.41) is 3.43. The minimum absolute atomic E-state index is 0.0105. The molecule has 0 aromatic heterocycles. The molecule has 1 aliphatic carbocycles. The van der Waals surface area contributed by atoms with E-state index in [4.69, 9.17) is 0 Å². The molecule has 120 valence electrons. The summed E-state index contributed by atoms with van der Waals surface area (Å²) >= 11 is 0. The van der Waals surface area contributed by atoms with E-state index < -0.39 is 0 Å². The molecule has 1 heterocycles. The first-order valence-corrected chi connectivity index (χ1v) is 8.55. The van der Waals surface area contributed by atoms with Gasteiger partial charge in [0, 0.05) is 13.1 Å². The number of nitrogens with zero attached hydrogens (tertiary/aromatic N) is 1. The van der Waals surface area contributed by atoms with Crippen molar-refractivity contribution in [2.24, 2.45) is 11.3 Å². The molecule has 0 aromatic rings. The molecule has 21 heavy (non-hydrogen) atoms. The van der Waals surface area contributed by atoms with E-state index in [-0.39, 0.29) is 17.9 Å². The first-order chi connectivity index (χ1) is 9.97. The second-order valence-electron chi connectivity index (χ2n) is 7.33. The van der Waals surface area contributed by atoms with Gasteiger partial charge in [0.05, 0.1) is 12.5 Å². The summed E-state index contributed by atoms with van der Waals surface area (Å²) in [6, 6.07) is -0.284. The number of amides is 2. The third kappa shape index (κ3) is 3.85. The fourth-order valence-electron chi connectivity index (χ4n) is 4.08. The van der Waals surface area contributed by atoms with Crippen molar-refractivity contribution in [1.82, 2.24) is 10.2 Å². The molecular formula is C17H30N2O2. The maximum absolute atomic E-state index is 12.3. The van der Waals surface area contributed by atoms with Crippen molar-refractivity contribution >= 4 is 11.8 Å². The van der Waals surface area contributed by atoms with Gasteiger partial charge < -0.3 is 5.32 Å². The van der Waals surface area contributed by atoms with E-state index in [1.807, 2.05) is 6.92 Å². The highest BCUT2D eigenvalue weighted by molar-refractivity contribution is 6.05. The lowest BCUT2D eigenvalue weighted by Crippen LogP contribution is -2.43. The Morgan fingerprint density at radius 3 is 2.52 bits per heavy atom. The summed E-state index contributed by atoms with van der Waals surface area (Å²) in [5.41, 5.74) is 0.343. The summed E-state index contributed by atoms with van der Waals surface area (Å²) in [5.74, 6) is 0.658. The Labute approximate surface area is 128 Å². The summed E-state index contributed by atoms with van der Waals surface area (Å²) in [4.78, 5) is 25.6. The second kappa shape index (κ2) is 6.91. The lowest BCUT2D eigenvalue weighted by molar-refractivity contribution is -0.138. The smallest absolute Gasteiger partial charge is 0.246 e. The van der Waals surface area contributed by atoms with Gasteiger partial charge in [0.15, 0.2) is 0 Å². The van der Waals surface area contributed by atoms with Crippen molar-refractivity contribution in [3.63, 3.8) is 0 Å². The van der Waals surface area contributed by atoms with E-state index in [9.17, 15) is 9.59 Å². The van der Waals surface area contributed by atoms with Crippen molar-refractivity contribution in [2.45, 2.75) is 71.8 Å². The fraction of sp³-hybridized carbons (Fsp3) is 0.882. The van der Waals surface area contributed by atoms with Gasteiger partial charge in [0.1, 0.15) is 0 Å². The Morgan fingerprint density at radius 1 is 1.29 bits per heavy atom. The average Bonchev–Trinajstić information content (AvgIpc) is 2.96. The standard InChI is InChI=1S/C17H30N2O2/c1-4-9-19-15(20)10-14(16(19)21)18-12-17(11-13(2)3)7-5-6-8-17/h13-14,18H,4-12H2,1-3H3. The van der Waals surface area contributed by atoms with Gasteiger partial charge in [-0.3, -0.25) is 14.5 Å². The van der Waals surface area contributed by atoms with Crippen LogP contribution in [0.4, 0.5) is 0 Å². The molecule has 1 atom stereocenters. The van der Waals surface area contributed by atoms with E-state index in [2.05, 4.69) is 19.2 Å². The molecule has 1 N–H and O–H groups in total. The molecule has 2 aliphatic rings. The van der Waals surface area contributed by atoms with Crippen LogP contribution in [0.3, 0.4) is 0 Å². The molecule has 1 unspecified atom stereocenters. The number of rotatable bonds is 7. The SMILES string of the molecule is CCCN1C(=O)CC(NCC2(CC(C)C)CCCC2)C1=O. The third-order valence-electron chi connectivity index (χ3n) is 4.92. The Bertz CT molecular complexity index is 386. The van der Waals surface area contributed by atoms with Gasteiger partial charge in [-0.25, -0.2) is 0 Å². The lowest BCUT2D eigenvalue weighted by Gasteiger charge is -2.32. The molecule has 0 aromatic carbocycles. The zero-order valence-corrected chi connectivity index (χ0v) is 13.8. The molecule has 4 heteroatoms. The first kappa shape index (κ1) is 16.5. The van der Waals surface area contributed by atoms with Gasteiger partial charge in [-0.15, -0.1) is 0 Å². The summed E-state index contributed by atoms with van der Waals surface area (Å²) in [6.07, 6.45) is 7.50. The zero-order chi connectivity index (χ0) is 15.5. The highest BCUT2D eigenvalue weighted by Gasteiger charge is 2.40. The molecule has 1 saturated heterocycles. The van der Waals surface area contributed by atoms with Crippen molar-refractivity contribution in [1.29, 1.82) is 0 Å². The number of likely N-dealkylation sites (tertiary alicyclic amines) is 1. The maximum Gasteiger partial charge on any atom is 0.246 e. The quantitative estimate of drug-likeness (QED) is 0.735. The highest BCUT2D eigenvalue weighted by atomic mass is 16.2. The van der Waals surface area contributed by atoms with Crippen LogP contribution in [0.1, 0.15) is 65.7 Å². The number of carbonyl (C=O) groups excluding carboxylic acids is 2. The third-order valence-corrected chi connectivity index (χ3v) is 4.92. The number of hydrogen-bond acceptors (Lipinski definition) is 3. The van der Waals surface area contributed by atoms with Crippen LogP contribution >= 0.6 is 0 Å². The van der Waals surface area contributed by atoms with Gasteiger partial charge in [-0.1, -0.05) is 33.6 Å². The first-order valence-electron chi connectivity index (χ1n) is 8.55. The van der Waals surface area contributed by atoms with Crippen molar-refractivity contribution in [3.8, 4) is 0 Å². The fourth-order valence-corrected chi connectivity index (χ4v) is 4.08. The molecular weight excluding hydrogens is 264 g/mol. The number of imide groups is 1. The van der Waals surface area contributed by atoms with Gasteiger partial charge in [0.25, 0.3) is 0 Å². The molecule has 0 bridgehead atoms. The molecule has 0 radical (unpaired) electrons. The Morgan fingerprint density at radius 2 is 1.95 bits per heavy atom. The van der Waals surface area contributed by atoms with E-state index >= 15 is 0 Å². The summed E-state index contributed by atoms with van der Waals surface area (Å²) < 4.78 is 0. The van der Waals surface area contributed by atoms with Crippen LogP contribution in [0.5, 0.6) is 0 Å². The van der Waals surface area contributed by atoms with Crippen molar-refractivity contribution < 1.29 is 9.59 Å². The van der Waals surface area contributed by atoms with E-state index in [0.717, 1.165) is 13.0 Å². The van der Waals surface area contributed by atoms with Crippen LogP contribution in [0.2, 0.25) is 0 Å². The molecule has 2 fully saturated rings. The van der Waals surface area contributed by atoms with E-state index in [0.29, 0.717) is 24.3 Å². The van der Waals surface area contributed by atoms with E-state index in [1.165, 1.54) is 37.0 Å². The molecule has 2 amide bonds. The summed E-state index contributed by atoms with van der Waals surface area (Å²) in [7, 11) is 0. The van der Waals surface area contributed by atoms with Crippen LogP contribution in [0.25, 0.3) is 0 Å². The minimum atomic E-state index is -0.284. The number of nitrogens with one attached hydrogen (secondary N) is 1. The largest absolute Gasteiger partial charge is 0.305 e. The van der Waals surface area contributed by atoms with Crippen LogP contribution in [0, 0.1) is 11.3 Å². The van der Waals surface area contributed by atoms with Crippen LogP contribution in [-0.4, -0.2) is 35.8 Å². The molecule has 4 nitrogen and oxygen atoms in total. The minimum Gasteiger partial charge on any atom is -0.305 e. The normalized spacial score (nSPS) is 25.3. The van der Waals surface area contributed by atoms with Crippen LogP contribution in [0.15, 0.2) is 0 Å². The number of hydrogen-bond donors (Lipinski definition) is 1. The topological polar surface area (TPSA) is 49.4 Å². The number of carbonyl (C=O) groups is 2.